The lowest BCUT2D eigenvalue weighted by molar-refractivity contribution is -0.134. The molecule has 1 aliphatic heterocycles. The van der Waals surface area contributed by atoms with E-state index in [4.69, 9.17) is 5.84 Å². The smallest absolute Gasteiger partial charge is 0.254 e. The topological polar surface area (TPSA) is 70.7 Å². The standard InChI is InChI=1S/C13H18N4O/c1-4-17-12(18)13(2,3)11(16-17)9-5-7-10(15-14)8-6-9/h5-8,15H,4,14H2,1-3H3. The van der Waals surface area contributed by atoms with Gasteiger partial charge in [0.2, 0.25) is 0 Å². The minimum absolute atomic E-state index is 0.0426. The van der Waals surface area contributed by atoms with Crippen LogP contribution in [0.1, 0.15) is 26.3 Å². The Hall–Kier alpha value is -1.88. The Morgan fingerprint density at radius 3 is 2.39 bits per heavy atom. The van der Waals surface area contributed by atoms with E-state index >= 15 is 0 Å². The van der Waals surface area contributed by atoms with Gasteiger partial charge in [0.05, 0.1) is 11.1 Å². The Kier molecular flexibility index (Phi) is 3.09. The third-order valence-electron chi connectivity index (χ3n) is 3.21. The minimum Gasteiger partial charge on any atom is -0.324 e. The summed E-state index contributed by atoms with van der Waals surface area (Å²) in [6.45, 7) is 6.31. The Balaban J connectivity index is 2.39. The van der Waals surface area contributed by atoms with Crippen LogP contribution in [0, 0.1) is 5.41 Å². The number of rotatable bonds is 3. The predicted molar refractivity (Wildman–Crippen MR) is 72.0 cm³/mol. The number of nitrogens with two attached hydrogens (primary N) is 1. The second-order valence-electron chi connectivity index (χ2n) is 4.82. The molecule has 5 heteroatoms. The molecule has 0 atom stereocenters. The number of nitrogens with zero attached hydrogens (tertiary/aromatic N) is 2. The molecule has 1 aromatic rings. The zero-order chi connectivity index (χ0) is 13.3. The minimum atomic E-state index is -0.576. The van der Waals surface area contributed by atoms with Gasteiger partial charge >= 0.3 is 0 Å². The summed E-state index contributed by atoms with van der Waals surface area (Å²) in [4.78, 5) is 12.1. The number of benzene rings is 1. The molecule has 0 aliphatic carbocycles. The van der Waals surface area contributed by atoms with E-state index in [0.717, 1.165) is 17.0 Å². The fourth-order valence-electron chi connectivity index (χ4n) is 2.07. The van der Waals surface area contributed by atoms with Crippen molar-refractivity contribution in [2.75, 3.05) is 12.0 Å². The highest BCUT2D eigenvalue weighted by Crippen LogP contribution is 2.31. The zero-order valence-electron chi connectivity index (χ0n) is 10.9. The lowest BCUT2D eigenvalue weighted by Crippen LogP contribution is -2.34. The molecule has 0 unspecified atom stereocenters. The van der Waals surface area contributed by atoms with Crippen molar-refractivity contribution in [2.24, 2.45) is 16.4 Å². The average Bonchev–Trinajstić information content (AvgIpc) is 2.61. The van der Waals surface area contributed by atoms with Crippen LogP contribution in [0.3, 0.4) is 0 Å². The molecule has 0 fully saturated rings. The quantitative estimate of drug-likeness (QED) is 0.628. The van der Waals surface area contributed by atoms with Gasteiger partial charge in [-0.1, -0.05) is 12.1 Å². The largest absolute Gasteiger partial charge is 0.324 e. The van der Waals surface area contributed by atoms with Crippen molar-refractivity contribution in [1.82, 2.24) is 5.01 Å². The number of amides is 1. The van der Waals surface area contributed by atoms with Crippen molar-refractivity contribution in [3.63, 3.8) is 0 Å². The van der Waals surface area contributed by atoms with Crippen LogP contribution in [0.15, 0.2) is 29.4 Å². The van der Waals surface area contributed by atoms with Crippen LogP contribution in [0.4, 0.5) is 5.69 Å². The van der Waals surface area contributed by atoms with Crippen LogP contribution in [-0.2, 0) is 4.79 Å². The normalized spacial score (nSPS) is 17.9. The van der Waals surface area contributed by atoms with Crippen molar-refractivity contribution in [3.8, 4) is 0 Å². The first kappa shape index (κ1) is 12.6. The molecule has 1 heterocycles. The van der Waals surface area contributed by atoms with Gasteiger partial charge in [-0.2, -0.15) is 5.10 Å². The fraction of sp³-hybridized carbons (Fsp3) is 0.385. The van der Waals surface area contributed by atoms with Gasteiger partial charge in [0.25, 0.3) is 5.91 Å². The Morgan fingerprint density at radius 2 is 1.94 bits per heavy atom. The Bertz CT molecular complexity index is 490. The summed E-state index contributed by atoms with van der Waals surface area (Å²) in [6, 6.07) is 7.57. The van der Waals surface area contributed by atoms with Crippen molar-refractivity contribution < 1.29 is 4.79 Å². The van der Waals surface area contributed by atoms with E-state index in [1.165, 1.54) is 5.01 Å². The van der Waals surface area contributed by atoms with Gasteiger partial charge in [0, 0.05) is 12.2 Å². The lowest BCUT2D eigenvalue weighted by atomic mass is 9.83. The molecule has 1 amide bonds. The summed E-state index contributed by atoms with van der Waals surface area (Å²) >= 11 is 0. The third kappa shape index (κ3) is 1.86. The summed E-state index contributed by atoms with van der Waals surface area (Å²) in [5.41, 5.74) is 4.58. The fourth-order valence-corrected chi connectivity index (χ4v) is 2.07. The van der Waals surface area contributed by atoms with E-state index < -0.39 is 5.41 Å². The van der Waals surface area contributed by atoms with E-state index in [9.17, 15) is 4.79 Å². The van der Waals surface area contributed by atoms with E-state index in [0.29, 0.717) is 6.54 Å². The highest BCUT2D eigenvalue weighted by molar-refractivity contribution is 6.19. The highest BCUT2D eigenvalue weighted by Gasteiger charge is 2.43. The maximum Gasteiger partial charge on any atom is 0.254 e. The highest BCUT2D eigenvalue weighted by atomic mass is 16.2. The molecular formula is C13H18N4O. The molecule has 96 valence electrons. The zero-order valence-corrected chi connectivity index (χ0v) is 10.9. The summed E-state index contributed by atoms with van der Waals surface area (Å²) in [6.07, 6.45) is 0. The monoisotopic (exact) mass is 246 g/mol. The first-order chi connectivity index (χ1) is 8.50. The Morgan fingerprint density at radius 1 is 1.33 bits per heavy atom. The van der Waals surface area contributed by atoms with Gasteiger partial charge in [-0.15, -0.1) is 0 Å². The number of hydrazine groups is 1. The van der Waals surface area contributed by atoms with E-state index in [1.54, 1.807) is 0 Å². The SMILES string of the molecule is CCN1N=C(c2ccc(NN)cc2)C(C)(C)C1=O. The molecule has 0 saturated heterocycles. The van der Waals surface area contributed by atoms with Gasteiger partial charge in [0.15, 0.2) is 0 Å². The van der Waals surface area contributed by atoms with Crippen molar-refractivity contribution in [2.45, 2.75) is 20.8 Å². The van der Waals surface area contributed by atoms with Crippen molar-refractivity contribution >= 4 is 17.3 Å². The maximum atomic E-state index is 12.1. The van der Waals surface area contributed by atoms with E-state index in [1.807, 2.05) is 45.0 Å². The Labute approximate surface area is 107 Å². The van der Waals surface area contributed by atoms with Gasteiger partial charge in [-0.25, -0.2) is 5.01 Å². The average molecular weight is 246 g/mol. The number of nitrogen functional groups attached to an aromatic ring is 1. The molecule has 1 aliphatic rings. The van der Waals surface area contributed by atoms with Crippen LogP contribution in [-0.4, -0.2) is 23.2 Å². The van der Waals surface area contributed by atoms with Crippen LogP contribution < -0.4 is 11.3 Å². The molecule has 0 spiro atoms. The molecule has 18 heavy (non-hydrogen) atoms. The molecule has 0 bridgehead atoms. The number of nitrogens with one attached hydrogen (secondary N) is 1. The first-order valence-electron chi connectivity index (χ1n) is 5.98. The molecule has 1 aromatic carbocycles. The molecular weight excluding hydrogens is 228 g/mol. The number of hydrazone groups is 1. The number of hydrogen-bond donors (Lipinski definition) is 2. The van der Waals surface area contributed by atoms with Crippen molar-refractivity contribution in [3.05, 3.63) is 29.8 Å². The van der Waals surface area contributed by atoms with Crippen LogP contribution in [0.5, 0.6) is 0 Å². The predicted octanol–water partition coefficient (Wildman–Crippen LogP) is 1.56. The lowest BCUT2D eigenvalue weighted by Gasteiger charge is -2.18. The van der Waals surface area contributed by atoms with Gasteiger partial charge in [0.1, 0.15) is 0 Å². The van der Waals surface area contributed by atoms with Crippen LogP contribution >= 0.6 is 0 Å². The summed E-state index contributed by atoms with van der Waals surface area (Å²) < 4.78 is 0. The van der Waals surface area contributed by atoms with Gasteiger partial charge in [-0.05, 0) is 38.5 Å². The van der Waals surface area contributed by atoms with Gasteiger partial charge in [-0.3, -0.25) is 10.6 Å². The third-order valence-corrected chi connectivity index (χ3v) is 3.21. The number of anilines is 1. The molecule has 0 aromatic heterocycles. The van der Waals surface area contributed by atoms with Crippen molar-refractivity contribution in [1.29, 1.82) is 0 Å². The second-order valence-corrected chi connectivity index (χ2v) is 4.82. The van der Waals surface area contributed by atoms with E-state index in [-0.39, 0.29) is 5.91 Å². The number of hydrogen-bond acceptors (Lipinski definition) is 4. The molecule has 0 radical (unpaired) electrons. The molecule has 2 rings (SSSR count). The van der Waals surface area contributed by atoms with Crippen LogP contribution in [0.25, 0.3) is 0 Å². The first-order valence-corrected chi connectivity index (χ1v) is 5.98. The molecule has 0 saturated carbocycles. The summed E-state index contributed by atoms with van der Waals surface area (Å²) in [5.74, 6) is 5.37. The number of carbonyl (C=O) groups is 1. The maximum absolute atomic E-state index is 12.1. The molecule has 3 N–H and O–H groups in total. The van der Waals surface area contributed by atoms with E-state index in [2.05, 4.69) is 10.5 Å². The second kappa shape index (κ2) is 4.42. The summed E-state index contributed by atoms with van der Waals surface area (Å²) in [5, 5.41) is 5.93. The number of carbonyl (C=O) groups excluding carboxylic acids is 1. The summed E-state index contributed by atoms with van der Waals surface area (Å²) in [7, 11) is 0. The van der Waals surface area contributed by atoms with Crippen LogP contribution in [0.2, 0.25) is 0 Å². The van der Waals surface area contributed by atoms with Gasteiger partial charge < -0.3 is 5.43 Å². The molecule has 5 nitrogen and oxygen atoms in total.